The standard InChI is InChI=1S/C17H30N4/c1-13(2)16-10-14(12-18-3)11-17(19-16)21-8-6-15(7-9-21)20(4)5/h10-11,13,15,18H,6-9,12H2,1-5H3. The summed E-state index contributed by atoms with van der Waals surface area (Å²) in [5.74, 6) is 1.63. The number of anilines is 1. The zero-order chi connectivity index (χ0) is 15.4. The SMILES string of the molecule is CNCc1cc(C(C)C)nc(N2CCC(N(C)C)CC2)c1. The average molecular weight is 290 g/mol. The normalized spacial score (nSPS) is 17.0. The molecule has 0 radical (unpaired) electrons. The zero-order valence-electron chi connectivity index (χ0n) is 14.2. The third-order valence-corrected chi connectivity index (χ3v) is 4.38. The first kappa shape index (κ1) is 16.2. The van der Waals surface area contributed by atoms with Crippen molar-refractivity contribution in [3.63, 3.8) is 0 Å². The maximum Gasteiger partial charge on any atom is 0.129 e. The van der Waals surface area contributed by atoms with Crippen molar-refractivity contribution in [1.82, 2.24) is 15.2 Å². The van der Waals surface area contributed by atoms with Crippen LogP contribution in [0.25, 0.3) is 0 Å². The molecular weight excluding hydrogens is 260 g/mol. The predicted molar refractivity (Wildman–Crippen MR) is 90.0 cm³/mol. The zero-order valence-corrected chi connectivity index (χ0v) is 14.2. The molecule has 2 heterocycles. The van der Waals surface area contributed by atoms with Gasteiger partial charge >= 0.3 is 0 Å². The minimum Gasteiger partial charge on any atom is -0.356 e. The van der Waals surface area contributed by atoms with Crippen molar-refractivity contribution in [2.75, 3.05) is 39.1 Å². The van der Waals surface area contributed by atoms with Crippen molar-refractivity contribution in [2.45, 2.75) is 45.2 Å². The van der Waals surface area contributed by atoms with E-state index in [0.29, 0.717) is 12.0 Å². The summed E-state index contributed by atoms with van der Waals surface area (Å²) in [5.41, 5.74) is 2.54. The molecule has 0 amide bonds. The minimum absolute atomic E-state index is 0.472. The molecule has 0 atom stereocenters. The number of hydrogen-bond donors (Lipinski definition) is 1. The van der Waals surface area contributed by atoms with E-state index in [-0.39, 0.29) is 0 Å². The van der Waals surface area contributed by atoms with Gasteiger partial charge in [-0.25, -0.2) is 4.98 Å². The molecule has 1 aliphatic heterocycles. The molecule has 118 valence electrons. The molecule has 1 aromatic heterocycles. The first-order valence-electron chi connectivity index (χ1n) is 8.08. The molecule has 0 aromatic carbocycles. The maximum absolute atomic E-state index is 4.89. The molecule has 1 fully saturated rings. The van der Waals surface area contributed by atoms with Crippen LogP contribution in [0.3, 0.4) is 0 Å². The van der Waals surface area contributed by atoms with Gasteiger partial charge in [-0.2, -0.15) is 0 Å². The molecule has 1 saturated heterocycles. The first-order valence-corrected chi connectivity index (χ1v) is 8.08. The molecule has 0 saturated carbocycles. The fraction of sp³-hybridized carbons (Fsp3) is 0.706. The lowest BCUT2D eigenvalue weighted by Gasteiger charge is -2.36. The van der Waals surface area contributed by atoms with Crippen molar-refractivity contribution >= 4 is 5.82 Å². The number of aromatic nitrogens is 1. The Morgan fingerprint density at radius 2 is 1.95 bits per heavy atom. The van der Waals surface area contributed by atoms with Crippen LogP contribution in [0.4, 0.5) is 5.82 Å². The van der Waals surface area contributed by atoms with E-state index < -0.39 is 0 Å². The van der Waals surface area contributed by atoms with Gasteiger partial charge in [0.25, 0.3) is 0 Å². The molecule has 0 unspecified atom stereocenters. The molecule has 1 aromatic rings. The average Bonchev–Trinajstić information content (AvgIpc) is 2.47. The molecule has 4 heteroatoms. The van der Waals surface area contributed by atoms with Gasteiger partial charge in [-0.1, -0.05) is 13.8 Å². The summed E-state index contributed by atoms with van der Waals surface area (Å²) in [4.78, 5) is 9.69. The highest BCUT2D eigenvalue weighted by Gasteiger charge is 2.22. The van der Waals surface area contributed by atoms with E-state index in [1.165, 1.54) is 24.1 Å². The lowest BCUT2D eigenvalue weighted by molar-refractivity contribution is 0.249. The summed E-state index contributed by atoms with van der Waals surface area (Å²) in [5, 5.41) is 3.25. The molecule has 1 N–H and O–H groups in total. The fourth-order valence-electron chi connectivity index (χ4n) is 2.97. The monoisotopic (exact) mass is 290 g/mol. The Bertz CT molecular complexity index is 448. The van der Waals surface area contributed by atoms with Crippen molar-refractivity contribution in [1.29, 1.82) is 0 Å². The lowest BCUT2D eigenvalue weighted by Crippen LogP contribution is -2.42. The van der Waals surface area contributed by atoms with Crippen LogP contribution in [0.5, 0.6) is 0 Å². The molecule has 0 bridgehead atoms. The molecule has 4 nitrogen and oxygen atoms in total. The highest BCUT2D eigenvalue weighted by atomic mass is 15.2. The van der Waals surface area contributed by atoms with Crippen molar-refractivity contribution in [2.24, 2.45) is 0 Å². The second kappa shape index (κ2) is 7.23. The van der Waals surface area contributed by atoms with E-state index in [1.807, 2.05) is 7.05 Å². The van der Waals surface area contributed by atoms with Crippen LogP contribution in [0.15, 0.2) is 12.1 Å². The number of hydrogen-bond acceptors (Lipinski definition) is 4. The van der Waals surface area contributed by atoms with Gasteiger partial charge in [0.2, 0.25) is 0 Å². The van der Waals surface area contributed by atoms with Gasteiger partial charge in [0.1, 0.15) is 5.82 Å². The summed E-state index contributed by atoms with van der Waals surface area (Å²) in [6, 6.07) is 5.20. The topological polar surface area (TPSA) is 31.4 Å². The lowest BCUT2D eigenvalue weighted by atomic mass is 10.0. The largest absolute Gasteiger partial charge is 0.356 e. The number of nitrogens with one attached hydrogen (secondary N) is 1. The van der Waals surface area contributed by atoms with Gasteiger partial charge < -0.3 is 15.1 Å². The van der Waals surface area contributed by atoms with Gasteiger partial charge in [-0.05, 0) is 57.6 Å². The number of piperidine rings is 1. The highest BCUT2D eigenvalue weighted by Crippen LogP contribution is 2.24. The molecule has 0 spiro atoms. The predicted octanol–water partition coefficient (Wildman–Crippen LogP) is 2.45. The minimum atomic E-state index is 0.472. The summed E-state index contributed by atoms with van der Waals surface area (Å²) >= 11 is 0. The molecule has 0 aliphatic carbocycles. The van der Waals surface area contributed by atoms with Gasteiger partial charge in [-0.15, -0.1) is 0 Å². The van der Waals surface area contributed by atoms with E-state index in [9.17, 15) is 0 Å². The second-order valence-electron chi connectivity index (χ2n) is 6.63. The van der Waals surface area contributed by atoms with E-state index in [2.05, 4.69) is 55.2 Å². The Balaban J connectivity index is 2.15. The Morgan fingerprint density at radius 3 is 2.48 bits per heavy atom. The van der Waals surface area contributed by atoms with Gasteiger partial charge in [0, 0.05) is 31.4 Å². The fourth-order valence-corrected chi connectivity index (χ4v) is 2.97. The van der Waals surface area contributed by atoms with E-state index in [0.717, 1.165) is 25.5 Å². The van der Waals surface area contributed by atoms with Crippen LogP contribution < -0.4 is 10.2 Å². The molecule has 1 aliphatic rings. The van der Waals surface area contributed by atoms with Crippen molar-refractivity contribution in [3.05, 3.63) is 23.4 Å². The third kappa shape index (κ3) is 4.17. The first-order chi connectivity index (χ1) is 10.0. The Labute approximate surface area is 129 Å². The van der Waals surface area contributed by atoms with Crippen LogP contribution in [0.2, 0.25) is 0 Å². The number of pyridine rings is 1. The molecular formula is C17H30N4. The molecule has 2 rings (SSSR count). The van der Waals surface area contributed by atoms with Crippen LogP contribution in [-0.4, -0.2) is 50.2 Å². The Kier molecular flexibility index (Phi) is 5.59. The van der Waals surface area contributed by atoms with Crippen LogP contribution in [0, 0.1) is 0 Å². The smallest absolute Gasteiger partial charge is 0.129 e. The Morgan fingerprint density at radius 1 is 1.29 bits per heavy atom. The van der Waals surface area contributed by atoms with E-state index >= 15 is 0 Å². The molecule has 21 heavy (non-hydrogen) atoms. The van der Waals surface area contributed by atoms with Gasteiger partial charge in [0.15, 0.2) is 0 Å². The number of rotatable bonds is 5. The second-order valence-corrected chi connectivity index (χ2v) is 6.63. The van der Waals surface area contributed by atoms with E-state index in [1.54, 1.807) is 0 Å². The van der Waals surface area contributed by atoms with Crippen LogP contribution in [-0.2, 0) is 6.54 Å². The van der Waals surface area contributed by atoms with Crippen LogP contribution in [0.1, 0.15) is 43.9 Å². The third-order valence-electron chi connectivity index (χ3n) is 4.38. The maximum atomic E-state index is 4.89. The van der Waals surface area contributed by atoms with Crippen LogP contribution >= 0.6 is 0 Å². The van der Waals surface area contributed by atoms with Crippen molar-refractivity contribution < 1.29 is 0 Å². The highest BCUT2D eigenvalue weighted by molar-refractivity contribution is 5.44. The van der Waals surface area contributed by atoms with Crippen molar-refractivity contribution in [3.8, 4) is 0 Å². The number of nitrogens with zero attached hydrogens (tertiary/aromatic N) is 3. The quantitative estimate of drug-likeness (QED) is 0.902. The van der Waals surface area contributed by atoms with Gasteiger partial charge in [-0.3, -0.25) is 0 Å². The van der Waals surface area contributed by atoms with Gasteiger partial charge in [0.05, 0.1) is 0 Å². The summed E-state index contributed by atoms with van der Waals surface area (Å²) in [6.07, 6.45) is 2.45. The summed E-state index contributed by atoms with van der Waals surface area (Å²) in [7, 11) is 6.36. The van der Waals surface area contributed by atoms with E-state index in [4.69, 9.17) is 4.98 Å². The Hall–Kier alpha value is -1.13. The summed E-state index contributed by atoms with van der Waals surface area (Å²) < 4.78 is 0. The summed E-state index contributed by atoms with van der Waals surface area (Å²) in [6.45, 7) is 7.55.